The van der Waals surface area contributed by atoms with Crippen LogP contribution >= 0.6 is 0 Å². The third-order valence-corrected chi connectivity index (χ3v) is 6.78. The van der Waals surface area contributed by atoms with Gasteiger partial charge in [-0.2, -0.15) is 0 Å². The lowest BCUT2D eigenvalue weighted by atomic mass is 9.89. The molecule has 2 aliphatic heterocycles. The number of nitro groups is 2. The fourth-order valence-corrected chi connectivity index (χ4v) is 5.03. The Kier molecular flexibility index (Phi) is 6.69. The highest BCUT2D eigenvalue weighted by Gasteiger charge is 2.61. The van der Waals surface area contributed by atoms with Crippen molar-refractivity contribution in [1.82, 2.24) is 0 Å². The second-order valence-electron chi connectivity index (χ2n) is 8.81. The quantitative estimate of drug-likeness (QED) is 0.229. The number of hydrogen-bond donors (Lipinski definition) is 0. The van der Waals surface area contributed by atoms with Crippen LogP contribution in [0.3, 0.4) is 0 Å². The van der Waals surface area contributed by atoms with Gasteiger partial charge in [-0.15, -0.1) is 0 Å². The first-order chi connectivity index (χ1) is 19.2. The standard InChI is InChI=1S/C26H22N4O10/c1-37-19-12-11-18(22(38-2)23(19)39-3)21-20-24(40-28(21)16-5-4-6-17(13-16)30(35)36)26(32)27(25(20)31)14-7-9-15(10-8-14)29(33)34/h4-13,20-21,24H,1-3H3/t20-,21-,24+/m1/s1. The van der Waals surface area contributed by atoms with Crippen molar-refractivity contribution >= 4 is 34.6 Å². The van der Waals surface area contributed by atoms with E-state index in [2.05, 4.69) is 0 Å². The predicted octanol–water partition coefficient (Wildman–Crippen LogP) is 3.58. The molecule has 3 aromatic rings. The molecule has 0 unspecified atom stereocenters. The lowest BCUT2D eigenvalue weighted by Crippen LogP contribution is -2.37. The van der Waals surface area contributed by atoms with Gasteiger partial charge in [0.25, 0.3) is 17.3 Å². The number of hydrogen-bond acceptors (Lipinski definition) is 11. The molecule has 3 aromatic carbocycles. The zero-order chi connectivity index (χ0) is 28.7. The zero-order valence-electron chi connectivity index (χ0n) is 21.4. The summed E-state index contributed by atoms with van der Waals surface area (Å²) in [5.74, 6) is -1.65. The maximum absolute atomic E-state index is 13.9. The zero-order valence-corrected chi connectivity index (χ0v) is 21.4. The van der Waals surface area contributed by atoms with Crippen LogP contribution in [0.4, 0.5) is 22.7 Å². The molecule has 2 fully saturated rings. The lowest BCUT2D eigenvalue weighted by molar-refractivity contribution is -0.385. The number of rotatable bonds is 8. The largest absolute Gasteiger partial charge is 0.493 e. The van der Waals surface area contributed by atoms with E-state index in [9.17, 15) is 29.8 Å². The molecule has 206 valence electrons. The third kappa shape index (κ3) is 4.10. The van der Waals surface area contributed by atoms with Gasteiger partial charge < -0.3 is 14.2 Å². The molecule has 3 atom stereocenters. The maximum Gasteiger partial charge on any atom is 0.271 e. The van der Waals surface area contributed by atoms with Gasteiger partial charge in [-0.25, -0.2) is 9.96 Å². The summed E-state index contributed by atoms with van der Waals surface area (Å²) in [4.78, 5) is 55.8. The molecule has 0 aliphatic carbocycles. The summed E-state index contributed by atoms with van der Waals surface area (Å²) in [6, 6.07) is 12.8. The molecule has 0 spiro atoms. The average Bonchev–Trinajstić information content (AvgIpc) is 3.47. The Bertz CT molecular complexity index is 1530. The molecule has 0 aromatic heterocycles. The molecular formula is C26H22N4O10. The molecule has 2 amide bonds. The van der Waals surface area contributed by atoms with E-state index < -0.39 is 39.7 Å². The van der Waals surface area contributed by atoms with Crippen molar-refractivity contribution in [3.8, 4) is 17.2 Å². The fraction of sp³-hybridized carbons (Fsp3) is 0.231. The van der Waals surface area contributed by atoms with Crippen LogP contribution < -0.4 is 24.2 Å². The molecule has 0 saturated carbocycles. The van der Waals surface area contributed by atoms with Gasteiger partial charge in [-0.05, 0) is 30.3 Å². The van der Waals surface area contributed by atoms with Crippen LogP contribution in [0, 0.1) is 26.1 Å². The van der Waals surface area contributed by atoms with Crippen LogP contribution in [-0.4, -0.2) is 49.1 Å². The van der Waals surface area contributed by atoms with E-state index in [4.69, 9.17) is 19.0 Å². The summed E-state index contributed by atoms with van der Waals surface area (Å²) >= 11 is 0. The number of carbonyl (C=O) groups is 2. The van der Waals surface area contributed by atoms with Crippen LogP contribution in [-0.2, 0) is 14.4 Å². The molecule has 2 saturated heterocycles. The molecule has 2 aliphatic rings. The van der Waals surface area contributed by atoms with Crippen LogP contribution in [0.2, 0.25) is 0 Å². The minimum Gasteiger partial charge on any atom is -0.493 e. The molecule has 14 heteroatoms. The number of ether oxygens (including phenoxy) is 3. The molecule has 0 N–H and O–H groups in total. The number of hydroxylamine groups is 1. The first-order valence-corrected chi connectivity index (χ1v) is 11.8. The van der Waals surface area contributed by atoms with Crippen molar-refractivity contribution in [3.05, 3.63) is 86.5 Å². The van der Waals surface area contributed by atoms with Crippen molar-refractivity contribution in [3.63, 3.8) is 0 Å². The molecule has 0 radical (unpaired) electrons. The van der Waals surface area contributed by atoms with E-state index >= 15 is 0 Å². The Labute approximate surface area is 226 Å². The molecule has 14 nitrogen and oxygen atoms in total. The maximum atomic E-state index is 13.9. The average molecular weight is 550 g/mol. The van der Waals surface area contributed by atoms with E-state index in [1.54, 1.807) is 18.2 Å². The molecule has 40 heavy (non-hydrogen) atoms. The summed E-state index contributed by atoms with van der Waals surface area (Å²) in [6.07, 6.45) is -1.30. The van der Waals surface area contributed by atoms with E-state index in [-0.39, 0.29) is 34.2 Å². The number of carbonyl (C=O) groups excluding carboxylic acids is 2. The Morgan fingerprint density at radius 1 is 0.775 bits per heavy atom. The topological polar surface area (TPSA) is 164 Å². The molecular weight excluding hydrogens is 528 g/mol. The smallest absolute Gasteiger partial charge is 0.271 e. The van der Waals surface area contributed by atoms with Crippen molar-refractivity contribution in [2.45, 2.75) is 12.1 Å². The second kappa shape index (κ2) is 10.1. The van der Waals surface area contributed by atoms with E-state index in [1.807, 2.05) is 0 Å². The normalized spacial score (nSPS) is 19.9. The van der Waals surface area contributed by atoms with Crippen molar-refractivity contribution in [2.75, 3.05) is 31.3 Å². The number of fused-ring (bicyclic) bond motifs is 1. The third-order valence-electron chi connectivity index (χ3n) is 6.78. The van der Waals surface area contributed by atoms with E-state index in [1.165, 1.54) is 68.9 Å². The van der Waals surface area contributed by atoms with Gasteiger partial charge in [0.05, 0.1) is 42.6 Å². The predicted molar refractivity (Wildman–Crippen MR) is 138 cm³/mol. The van der Waals surface area contributed by atoms with Gasteiger partial charge in [0.2, 0.25) is 11.7 Å². The Hall–Kier alpha value is -5.24. The van der Waals surface area contributed by atoms with Crippen LogP contribution in [0.15, 0.2) is 60.7 Å². The summed E-state index contributed by atoms with van der Waals surface area (Å²) in [5, 5.41) is 23.8. The van der Waals surface area contributed by atoms with Gasteiger partial charge in [0.15, 0.2) is 17.6 Å². The number of anilines is 2. The monoisotopic (exact) mass is 550 g/mol. The SMILES string of the molecule is COc1ccc([C@@H]2[C@H]3C(=O)N(c4ccc([N+](=O)[O-])cc4)C(=O)[C@H]3ON2c2cccc([N+](=O)[O-])c2)c(OC)c1OC. The summed E-state index contributed by atoms with van der Waals surface area (Å²) in [6.45, 7) is 0. The summed E-state index contributed by atoms with van der Waals surface area (Å²) in [5.41, 5.74) is 0.336. The van der Waals surface area contributed by atoms with Crippen molar-refractivity contribution in [1.29, 1.82) is 0 Å². The molecule has 0 bridgehead atoms. The highest BCUT2D eigenvalue weighted by atomic mass is 16.7. The summed E-state index contributed by atoms with van der Waals surface area (Å²) in [7, 11) is 4.26. The number of amides is 2. The highest BCUT2D eigenvalue weighted by Crippen LogP contribution is 2.52. The Morgan fingerprint density at radius 2 is 1.45 bits per heavy atom. The minimum atomic E-state index is -1.30. The van der Waals surface area contributed by atoms with Crippen LogP contribution in [0.25, 0.3) is 0 Å². The van der Waals surface area contributed by atoms with Gasteiger partial charge in [0, 0.05) is 29.8 Å². The number of imide groups is 1. The second-order valence-corrected chi connectivity index (χ2v) is 8.81. The number of nitrogens with zero attached hydrogens (tertiary/aromatic N) is 4. The Morgan fingerprint density at radius 3 is 2.05 bits per heavy atom. The van der Waals surface area contributed by atoms with Gasteiger partial charge >= 0.3 is 0 Å². The summed E-state index contributed by atoms with van der Waals surface area (Å²) < 4.78 is 16.5. The highest BCUT2D eigenvalue weighted by molar-refractivity contribution is 6.24. The fourth-order valence-electron chi connectivity index (χ4n) is 5.03. The molecule has 5 rings (SSSR count). The lowest BCUT2D eigenvalue weighted by Gasteiger charge is -2.30. The number of non-ortho nitro benzene ring substituents is 2. The van der Waals surface area contributed by atoms with Gasteiger partial charge in [-0.3, -0.25) is 34.7 Å². The first-order valence-electron chi connectivity index (χ1n) is 11.8. The van der Waals surface area contributed by atoms with Gasteiger partial charge in [-0.1, -0.05) is 6.07 Å². The number of methoxy groups -OCH3 is 3. The number of benzene rings is 3. The van der Waals surface area contributed by atoms with Crippen molar-refractivity contribution < 1.29 is 38.5 Å². The van der Waals surface area contributed by atoms with E-state index in [0.29, 0.717) is 11.3 Å². The van der Waals surface area contributed by atoms with Crippen LogP contribution in [0.1, 0.15) is 11.6 Å². The van der Waals surface area contributed by atoms with E-state index in [0.717, 1.165) is 4.90 Å². The number of nitro benzene ring substituents is 2. The first kappa shape index (κ1) is 26.4. The van der Waals surface area contributed by atoms with Crippen molar-refractivity contribution in [2.24, 2.45) is 5.92 Å². The van der Waals surface area contributed by atoms with Crippen LogP contribution in [0.5, 0.6) is 17.2 Å². The Balaban J connectivity index is 1.65. The van der Waals surface area contributed by atoms with Gasteiger partial charge in [0.1, 0.15) is 12.0 Å². The molecule has 2 heterocycles. The minimum absolute atomic E-state index is 0.138.